The van der Waals surface area contributed by atoms with Crippen molar-refractivity contribution in [2.45, 2.75) is 31.3 Å². The molecule has 0 N–H and O–H groups in total. The maximum atomic E-state index is 11.4. The lowest BCUT2D eigenvalue weighted by Crippen LogP contribution is -2.22. The summed E-state index contributed by atoms with van der Waals surface area (Å²) >= 11 is 4.18. The van der Waals surface area contributed by atoms with E-state index in [0.717, 1.165) is 10.5 Å². The summed E-state index contributed by atoms with van der Waals surface area (Å²) in [7, 11) is 0. The molecule has 0 saturated heterocycles. The predicted octanol–water partition coefficient (Wildman–Crippen LogP) is 3.33. The maximum Gasteiger partial charge on any atom is 0.331 e. The third-order valence-electron chi connectivity index (χ3n) is 1.71. The first-order valence-corrected chi connectivity index (χ1v) is 5.52. The fourth-order valence-electron chi connectivity index (χ4n) is 1.09. The van der Waals surface area contributed by atoms with Crippen molar-refractivity contribution < 1.29 is 9.53 Å². The summed E-state index contributed by atoms with van der Waals surface area (Å²) in [5.41, 5.74) is 0.500. The Morgan fingerprint density at radius 3 is 2.31 bits per heavy atom. The second-order valence-electron chi connectivity index (χ2n) is 4.46. The standard InChI is InChI=1S/C13H16O2S/c1-13(2,3)15-12(14)9-6-10-4-7-11(16)8-5-10/h4-9,16H,1-3H3/b9-6+. The van der Waals surface area contributed by atoms with E-state index in [2.05, 4.69) is 12.6 Å². The highest BCUT2D eigenvalue weighted by molar-refractivity contribution is 7.80. The molecule has 0 heterocycles. The molecular weight excluding hydrogens is 220 g/mol. The summed E-state index contributed by atoms with van der Waals surface area (Å²) in [6.07, 6.45) is 3.15. The topological polar surface area (TPSA) is 26.3 Å². The van der Waals surface area contributed by atoms with Crippen LogP contribution in [-0.4, -0.2) is 11.6 Å². The van der Waals surface area contributed by atoms with E-state index >= 15 is 0 Å². The molecule has 0 spiro atoms. The van der Waals surface area contributed by atoms with Crippen LogP contribution in [0.1, 0.15) is 26.3 Å². The minimum Gasteiger partial charge on any atom is -0.457 e. The average Bonchev–Trinajstić information content (AvgIpc) is 2.14. The van der Waals surface area contributed by atoms with Crippen molar-refractivity contribution in [1.82, 2.24) is 0 Å². The molecule has 0 unspecified atom stereocenters. The molecule has 2 nitrogen and oxygen atoms in total. The molecule has 0 aromatic heterocycles. The van der Waals surface area contributed by atoms with Gasteiger partial charge < -0.3 is 4.74 Å². The zero-order chi connectivity index (χ0) is 12.2. The molecule has 1 rings (SSSR count). The Bertz CT molecular complexity index is 385. The summed E-state index contributed by atoms with van der Waals surface area (Å²) in [6, 6.07) is 7.53. The zero-order valence-corrected chi connectivity index (χ0v) is 10.6. The van der Waals surface area contributed by atoms with Gasteiger partial charge in [0.2, 0.25) is 0 Å². The Morgan fingerprint density at radius 1 is 1.25 bits per heavy atom. The van der Waals surface area contributed by atoms with Gasteiger partial charge in [-0.15, -0.1) is 12.6 Å². The van der Waals surface area contributed by atoms with Crippen LogP contribution >= 0.6 is 12.6 Å². The number of hydrogen-bond acceptors (Lipinski definition) is 3. The van der Waals surface area contributed by atoms with Crippen molar-refractivity contribution in [2.75, 3.05) is 0 Å². The minimum atomic E-state index is -0.448. The number of carbonyl (C=O) groups is 1. The number of hydrogen-bond donors (Lipinski definition) is 1. The molecular formula is C13H16O2S. The second-order valence-corrected chi connectivity index (χ2v) is 4.97. The molecule has 0 atom stereocenters. The Balaban J connectivity index is 2.60. The molecule has 0 amide bonds. The average molecular weight is 236 g/mol. The summed E-state index contributed by atoms with van der Waals surface area (Å²) in [5.74, 6) is -0.331. The van der Waals surface area contributed by atoms with E-state index in [0.29, 0.717) is 0 Å². The van der Waals surface area contributed by atoms with Gasteiger partial charge in [-0.3, -0.25) is 0 Å². The molecule has 0 aliphatic carbocycles. The molecule has 86 valence electrons. The van der Waals surface area contributed by atoms with Crippen LogP contribution in [0, 0.1) is 0 Å². The summed E-state index contributed by atoms with van der Waals surface area (Å²) in [4.78, 5) is 12.3. The molecule has 0 bridgehead atoms. The summed E-state index contributed by atoms with van der Waals surface area (Å²) in [5, 5.41) is 0. The predicted molar refractivity (Wildman–Crippen MR) is 68.6 cm³/mol. The van der Waals surface area contributed by atoms with Gasteiger partial charge >= 0.3 is 5.97 Å². The van der Waals surface area contributed by atoms with Crippen molar-refractivity contribution in [3.8, 4) is 0 Å². The molecule has 0 aliphatic rings. The second kappa shape index (κ2) is 5.21. The monoisotopic (exact) mass is 236 g/mol. The molecule has 3 heteroatoms. The lowest BCUT2D eigenvalue weighted by molar-refractivity contribution is -0.148. The number of benzene rings is 1. The molecule has 0 radical (unpaired) electrons. The van der Waals surface area contributed by atoms with Crippen molar-refractivity contribution in [3.05, 3.63) is 35.9 Å². The van der Waals surface area contributed by atoms with Crippen LogP contribution in [0.25, 0.3) is 6.08 Å². The maximum absolute atomic E-state index is 11.4. The summed E-state index contributed by atoms with van der Waals surface area (Å²) < 4.78 is 5.14. The van der Waals surface area contributed by atoms with E-state index in [4.69, 9.17) is 4.74 Å². The Kier molecular flexibility index (Phi) is 4.19. The minimum absolute atomic E-state index is 0.331. The van der Waals surface area contributed by atoms with E-state index in [1.165, 1.54) is 6.08 Å². The fourth-order valence-corrected chi connectivity index (χ4v) is 1.23. The SMILES string of the molecule is CC(C)(C)OC(=O)/C=C/c1ccc(S)cc1. The lowest BCUT2D eigenvalue weighted by atomic mass is 10.2. The van der Waals surface area contributed by atoms with Gasteiger partial charge in [0.25, 0.3) is 0 Å². The highest BCUT2D eigenvalue weighted by atomic mass is 32.1. The third-order valence-corrected chi connectivity index (χ3v) is 2.01. The van der Waals surface area contributed by atoms with Crippen LogP contribution in [0.4, 0.5) is 0 Å². The van der Waals surface area contributed by atoms with Crippen LogP contribution in [0.5, 0.6) is 0 Å². The van der Waals surface area contributed by atoms with E-state index in [9.17, 15) is 4.79 Å². The van der Waals surface area contributed by atoms with Gasteiger partial charge in [0, 0.05) is 11.0 Å². The largest absolute Gasteiger partial charge is 0.457 e. The molecule has 1 aromatic carbocycles. The number of thiol groups is 1. The first-order chi connectivity index (χ1) is 7.37. The van der Waals surface area contributed by atoms with E-state index in [1.807, 2.05) is 45.0 Å². The number of ether oxygens (including phenoxy) is 1. The van der Waals surface area contributed by atoms with E-state index in [-0.39, 0.29) is 5.97 Å². The fraction of sp³-hybridized carbons (Fsp3) is 0.308. The summed E-state index contributed by atoms with van der Waals surface area (Å²) in [6.45, 7) is 5.53. The number of rotatable bonds is 2. The van der Waals surface area contributed by atoms with Gasteiger partial charge in [-0.05, 0) is 44.5 Å². The van der Waals surface area contributed by atoms with Crippen molar-refractivity contribution >= 4 is 24.7 Å². The van der Waals surface area contributed by atoms with E-state index < -0.39 is 5.60 Å². The van der Waals surface area contributed by atoms with Crippen molar-refractivity contribution in [2.24, 2.45) is 0 Å². The number of esters is 1. The lowest BCUT2D eigenvalue weighted by Gasteiger charge is -2.17. The van der Waals surface area contributed by atoms with Crippen LogP contribution in [0.3, 0.4) is 0 Å². The Morgan fingerprint density at radius 2 is 1.81 bits per heavy atom. The van der Waals surface area contributed by atoms with Crippen molar-refractivity contribution in [3.63, 3.8) is 0 Å². The van der Waals surface area contributed by atoms with Gasteiger partial charge in [-0.25, -0.2) is 4.79 Å². The molecule has 16 heavy (non-hydrogen) atoms. The third kappa shape index (κ3) is 5.03. The molecule has 0 saturated carbocycles. The normalized spacial score (nSPS) is 11.8. The van der Waals surface area contributed by atoms with Crippen LogP contribution < -0.4 is 0 Å². The number of carbonyl (C=O) groups excluding carboxylic acids is 1. The van der Waals surface area contributed by atoms with Gasteiger partial charge in [-0.2, -0.15) is 0 Å². The molecule has 0 fully saturated rings. The Labute approximate surface area is 102 Å². The Hall–Kier alpha value is -1.22. The molecule has 1 aromatic rings. The zero-order valence-electron chi connectivity index (χ0n) is 9.73. The van der Waals surface area contributed by atoms with Gasteiger partial charge in [0.1, 0.15) is 5.60 Å². The van der Waals surface area contributed by atoms with Gasteiger partial charge in [0.05, 0.1) is 0 Å². The first-order valence-electron chi connectivity index (χ1n) is 5.07. The van der Waals surface area contributed by atoms with Crippen LogP contribution in [-0.2, 0) is 9.53 Å². The van der Waals surface area contributed by atoms with Gasteiger partial charge in [0.15, 0.2) is 0 Å². The van der Waals surface area contributed by atoms with Gasteiger partial charge in [-0.1, -0.05) is 12.1 Å². The smallest absolute Gasteiger partial charge is 0.331 e. The van der Waals surface area contributed by atoms with E-state index in [1.54, 1.807) is 6.08 Å². The van der Waals surface area contributed by atoms with Crippen molar-refractivity contribution in [1.29, 1.82) is 0 Å². The highest BCUT2D eigenvalue weighted by Gasteiger charge is 2.13. The van der Waals surface area contributed by atoms with Crippen LogP contribution in [0.2, 0.25) is 0 Å². The van der Waals surface area contributed by atoms with Crippen LogP contribution in [0.15, 0.2) is 35.2 Å². The quantitative estimate of drug-likeness (QED) is 0.484. The first kappa shape index (κ1) is 12.8. The molecule has 0 aliphatic heterocycles. The highest BCUT2D eigenvalue weighted by Crippen LogP contribution is 2.10.